The molecule has 0 bridgehead atoms. The number of rotatable bonds is 10. The molecule has 0 aromatic heterocycles. The molecule has 0 heterocycles. The van der Waals surface area contributed by atoms with Crippen LogP contribution in [0.25, 0.3) is 0 Å². The van der Waals surface area contributed by atoms with E-state index in [4.69, 9.17) is 21.1 Å². The van der Waals surface area contributed by atoms with Crippen molar-refractivity contribution in [1.82, 2.24) is 5.32 Å². The van der Waals surface area contributed by atoms with Crippen LogP contribution >= 0.6 is 11.6 Å². The summed E-state index contributed by atoms with van der Waals surface area (Å²) < 4.78 is 25.0. The lowest BCUT2D eigenvalue weighted by Crippen LogP contribution is -2.14. The van der Waals surface area contributed by atoms with Crippen LogP contribution in [-0.4, -0.2) is 26.9 Å². The van der Waals surface area contributed by atoms with E-state index in [1.165, 1.54) is 0 Å². The molecule has 1 N–H and O–H groups in total. The van der Waals surface area contributed by atoms with Gasteiger partial charge in [0, 0.05) is 5.56 Å². The highest BCUT2D eigenvalue weighted by atomic mass is 35.5. The molecule has 2 rings (SSSR count). The van der Waals surface area contributed by atoms with E-state index in [2.05, 4.69) is 5.32 Å². The Morgan fingerprint density at radius 1 is 1.12 bits per heavy atom. The van der Waals surface area contributed by atoms with E-state index in [-0.39, 0.29) is 0 Å². The van der Waals surface area contributed by atoms with Gasteiger partial charge in [-0.15, -0.1) is 0 Å². The Hall–Kier alpha value is -1.78. The van der Waals surface area contributed by atoms with Gasteiger partial charge in [0.05, 0.1) is 12.1 Å². The fourth-order valence-corrected chi connectivity index (χ4v) is 2.74. The average molecular weight is 366 g/mol. The second-order valence-corrected chi connectivity index (χ2v) is 6.30. The smallest absolute Gasteiger partial charge is 0.138 e. The van der Waals surface area contributed by atoms with Crippen molar-refractivity contribution in [2.45, 2.75) is 32.0 Å². The zero-order chi connectivity index (χ0) is 18.1. The number of aryl methyl sites for hydroxylation is 1. The summed E-state index contributed by atoms with van der Waals surface area (Å²) >= 11 is 6.10. The van der Waals surface area contributed by atoms with Crippen LogP contribution in [0, 0.1) is 0 Å². The minimum absolute atomic E-state index is 0.362. The largest absolute Gasteiger partial charge is 0.496 e. The molecule has 0 amide bonds. The van der Waals surface area contributed by atoms with Gasteiger partial charge in [-0.3, -0.25) is 0 Å². The molecule has 0 fully saturated rings. The van der Waals surface area contributed by atoms with Crippen molar-refractivity contribution in [2.24, 2.45) is 0 Å². The van der Waals surface area contributed by atoms with Gasteiger partial charge < -0.3 is 14.8 Å². The minimum Gasteiger partial charge on any atom is -0.496 e. The first kappa shape index (κ1) is 19.5. The SMILES string of the molecule is CNCCC(F)CCc1ccc(COc2ccccc2Cl)c(OC)c1. The van der Waals surface area contributed by atoms with E-state index in [9.17, 15) is 4.39 Å². The number of halogens is 2. The first-order valence-corrected chi connectivity index (χ1v) is 8.83. The maximum atomic E-state index is 13.8. The highest BCUT2D eigenvalue weighted by Gasteiger charge is 2.10. The average Bonchev–Trinajstić information content (AvgIpc) is 2.64. The monoisotopic (exact) mass is 365 g/mol. The summed E-state index contributed by atoms with van der Waals surface area (Å²) in [6, 6.07) is 13.3. The number of hydrogen-bond donors (Lipinski definition) is 1. The highest BCUT2D eigenvalue weighted by Crippen LogP contribution is 2.27. The summed E-state index contributed by atoms with van der Waals surface area (Å²) in [4.78, 5) is 0. The molecule has 0 aliphatic rings. The first-order chi connectivity index (χ1) is 12.1. The van der Waals surface area contributed by atoms with Gasteiger partial charge in [0.2, 0.25) is 0 Å². The summed E-state index contributed by atoms with van der Waals surface area (Å²) in [5, 5.41) is 3.55. The molecule has 136 valence electrons. The fourth-order valence-electron chi connectivity index (χ4n) is 2.55. The van der Waals surface area contributed by atoms with Crippen molar-refractivity contribution < 1.29 is 13.9 Å². The normalized spacial score (nSPS) is 12.0. The second-order valence-electron chi connectivity index (χ2n) is 5.89. The molecule has 0 radical (unpaired) electrons. The third-order valence-electron chi connectivity index (χ3n) is 4.03. The number of para-hydroxylation sites is 1. The quantitative estimate of drug-likeness (QED) is 0.655. The molecule has 0 aliphatic carbocycles. The van der Waals surface area contributed by atoms with Crippen molar-refractivity contribution in [3.63, 3.8) is 0 Å². The van der Waals surface area contributed by atoms with Gasteiger partial charge in [-0.2, -0.15) is 0 Å². The molecule has 0 aliphatic heterocycles. The van der Waals surface area contributed by atoms with E-state index in [0.29, 0.717) is 43.2 Å². The van der Waals surface area contributed by atoms with E-state index in [0.717, 1.165) is 16.9 Å². The number of nitrogens with one attached hydrogen (secondary N) is 1. The summed E-state index contributed by atoms with van der Waals surface area (Å²) in [5.41, 5.74) is 1.99. The summed E-state index contributed by atoms with van der Waals surface area (Å²) in [6.45, 7) is 1.06. The summed E-state index contributed by atoms with van der Waals surface area (Å²) in [5.74, 6) is 1.38. The molecule has 0 spiro atoms. The van der Waals surface area contributed by atoms with Crippen LogP contribution < -0.4 is 14.8 Å². The molecule has 0 saturated carbocycles. The van der Waals surface area contributed by atoms with Crippen molar-refractivity contribution in [3.8, 4) is 11.5 Å². The van der Waals surface area contributed by atoms with Crippen LogP contribution in [0.15, 0.2) is 42.5 Å². The number of methoxy groups -OCH3 is 1. The second kappa shape index (κ2) is 10.3. The molecule has 5 heteroatoms. The number of benzene rings is 2. The van der Waals surface area contributed by atoms with Crippen LogP contribution in [0.4, 0.5) is 4.39 Å². The van der Waals surface area contributed by atoms with E-state index in [1.807, 2.05) is 43.4 Å². The van der Waals surface area contributed by atoms with Gasteiger partial charge in [0.15, 0.2) is 0 Å². The zero-order valence-corrected chi connectivity index (χ0v) is 15.5. The van der Waals surface area contributed by atoms with Gasteiger partial charge in [0.25, 0.3) is 0 Å². The topological polar surface area (TPSA) is 30.5 Å². The van der Waals surface area contributed by atoms with Crippen LogP contribution in [0.2, 0.25) is 5.02 Å². The van der Waals surface area contributed by atoms with Gasteiger partial charge in [-0.05, 0) is 56.6 Å². The Balaban J connectivity index is 1.95. The lowest BCUT2D eigenvalue weighted by Gasteiger charge is -2.13. The lowest BCUT2D eigenvalue weighted by molar-refractivity contribution is 0.293. The van der Waals surface area contributed by atoms with Crippen LogP contribution in [0.5, 0.6) is 11.5 Å². The highest BCUT2D eigenvalue weighted by molar-refractivity contribution is 6.32. The Kier molecular flexibility index (Phi) is 8.02. The van der Waals surface area contributed by atoms with Crippen molar-refractivity contribution in [1.29, 1.82) is 0 Å². The van der Waals surface area contributed by atoms with Crippen LogP contribution in [-0.2, 0) is 13.0 Å². The third-order valence-corrected chi connectivity index (χ3v) is 4.34. The van der Waals surface area contributed by atoms with Gasteiger partial charge in [0.1, 0.15) is 24.3 Å². The summed E-state index contributed by atoms with van der Waals surface area (Å²) in [6.07, 6.45) is 0.951. The lowest BCUT2D eigenvalue weighted by atomic mass is 10.0. The number of ether oxygens (including phenoxy) is 2. The van der Waals surface area contributed by atoms with Crippen LogP contribution in [0.1, 0.15) is 24.0 Å². The Bertz CT molecular complexity index is 666. The van der Waals surface area contributed by atoms with Crippen molar-refractivity contribution in [2.75, 3.05) is 20.7 Å². The molecule has 25 heavy (non-hydrogen) atoms. The molecule has 2 aromatic rings. The number of alkyl halides is 1. The van der Waals surface area contributed by atoms with Gasteiger partial charge in [-0.1, -0.05) is 35.9 Å². The molecule has 1 atom stereocenters. The molecule has 3 nitrogen and oxygen atoms in total. The van der Waals surface area contributed by atoms with E-state index >= 15 is 0 Å². The standard InChI is InChI=1S/C20H25ClFNO2/c1-23-12-11-17(22)10-8-15-7-9-16(20(13-15)24-2)14-25-19-6-4-3-5-18(19)21/h3-7,9,13,17,23H,8,10-12,14H2,1-2H3. The molecule has 2 aromatic carbocycles. The Morgan fingerprint density at radius 3 is 2.64 bits per heavy atom. The zero-order valence-electron chi connectivity index (χ0n) is 14.7. The maximum Gasteiger partial charge on any atom is 0.138 e. The van der Waals surface area contributed by atoms with Crippen molar-refractivity contribution in [3.05, 3.63) is 58.6 Å². The van der Waals surface area contributed by atoms with Gasteiger partial charge in [-0.25, -0.2) is 4.39 Å². The minimum atomic E-state index is -0.790. The summed E-state index contributed by atoms with van der Waals surface area (Å²) in [7, 11) is 3.46. The molecular weight excluding hydrogens is 341 g/mol. The van der Waals surface area contributed by atoms with Crippen LogP contribution in [0.3, 0.4) is 0 Å². The third kappa shape index (κ3) is 6.22. The molecule has 0 saturated heterocycles. The van der Waals surface area contributed by atoms with Gasteiger partial charge >= 0.3 is 0 Å². The molecular formula is C20H25ClFNO2. The van der Waals surface area contributed by atoms with E-state index in [1.54, 1.807) is 13.2 Å². The maximum absolute atomic E-state index is 13.8. The predicted octanol–water partition coefficient (Wildman–Crippen LogP) is 4.81. The predicted molar refractivity (Wildman–Crippen MR) is 101 cm³/mol. The first-order valence-electron chi connectivity index (χ1n) is 8.45. The Labute approximate surface area is 154 Å². The van der Waals surface area contributed by atoms with E-state index < -0.39 is 6.17 Å². The van der Waals surface area contributed by atoms with Crippen molar-refractivity contribution >= 4 is 11.6 Å². The molecule has 1 unspecified atom stereocenters. The number of hydrogen-bond acceptors (Lipinski definition) is 3. The Morgan fingerprint density at radius 2 is 1.92 bits per heavy atom. The fraction of sp³-hybridized carbons (Fsp3) is 0.400.